The monoisotopic (exact) mass is 355 g/mol. The van der Waals surface area contributed by atoms with E-state index in [1.165, 1.54) is 0 Å². The molecule has 0 aliphatic carbocycles. The van der Waals surface area contributed by atoms with Crippen molar-refractivity contribution in [3.8, 4) is 0 Å². The van der Waals surface area contributed by atoms with Crippen LogP contribution in [0.4, 0.5) is 4.79 Å². The summed E-state index contributed by atoms with van der Waals surface area (Å²) in [6.07, 6.45) is 0.546. The summed E-state index contributed by atoms with van der Waals surface area (Å²) in [5.41, 5.74) is 0. The zero-order chi connectivity index (χ0) is 17.9. The Labute approximate surface area is 133 Å². The van der Waals surface area contributed by atoms with Gasteiger partial charge in [0.25, 0.3) is 0 Å². The van der Waals surface area contributed by atoms with E-state index in [1.807, 2.05) is 12.2 Å². The summed E-state index contributed by atoms with van der Waals surface area (Å²) < 4.78 is 24.7. The third kappa shape index (κ3) is 11.6. The first kappa shape index (κ1) is 21.4. The molecule has 0 bridgehead atoms. The molecular weight excluding hydrogens is 333 g/mol. The van der Waals surface area contributed by atoms with Crippen LogP contribution in [0.3, 0.4) is 0 Å². The molecule has 2 unspecified atom stereocenters. The van der Waals surface area contributed by atoms with Crippen LogP contribution in [0.2, 0.25) is 0 Å². The van der Waals surface area contributed by atoms with Crippen molar-refractivity contribution >= 4 is 25.6 Å². The van der Waals surface area contributed by atoms with Gasteiger partial charge in [-0.15, -0.1) is 0 Å². The molecule has 11 heteroatoms. The molecule has 0 heterocycles. The average molecular weight is 355 g/mol. The van der Waals surface area contributed by atoms with Gasteiger partial charge in [0.15, 0.2) is 6.61 Å². The maximum Gasteiger partial charge on any atom is 0.410 e. The third-order valence-corrected chi connectivity index (χ3v) is 3.69. The van der Waals surface area contributed by atoms with E-state index in [9.17, 15) is 23.8 Å². The van der Waals surface area contributed by atoms with Crippen molar-refractivity contribution in [1.29, 1.82) is 0 Å². The van der Waals surface area contributed by atoms with Gasteiger partial charge in [0, 0.05) is 0 Å². The minimum atomic E-state index is -4.28. The second-order valence-electron chi connectivity index (χ2n) is 4.70. The number of amides is 1. The number of carboxylic acids is 1. The first-order chi connectivity index (χ1) is 10.7. The van der Waals surface area contributed by atoms with E-state index < -0.39 is 45.3 Å². The number of ether oxygens (including phenoxy) is 2. The van der Waals surface area contributed by atoms with Gasteiger partial charge in [0.2, 0.25) is 6.79 Å². The fourth-order valence-corrected chi connectivity index (χ4v) is 2.06. The Kier molecular flexibility index (Phi) is 10.2. The molecule has 0 saturated carbocycles. The molecule has 0 aliphatic heterocycles. The normalized spacial score (nSPS) is 14.4. The van der Waals surface area contributed by atoms with E-state index in [0.717, 1.165) is 12.8 Å². The molecule has 0 rings (SSSR count). The van der Waals surface area contributed by atoms with Crippen molar-refractivity contribution in [3.63, 3.8) is 0 Å². The maximum absolute atomic E-state index is 11.5. The first-order valence-electron chi connectivity index (χ1n) is 6.93. The van der Waals surface area contributed by atoms with Crippen LogP contribution in [0.15, 0.2) is 0 Å². The predicted molar refractivity (Wildman–Crippen MR) is 77.5 cm³/mol. The van der Waals surface area contributed by atoms with E-state index in [2.05, 4.69) is 9.26 Å². The second-order valence-corrected chi connectivity index (χ2v) is 6.55. The minimum absolute atomic E-state index is 0.316. The van der Waals surface area contributed by atoms with Gasteiger partial charge < -0.3 is 24.8 Å². The van der Waals surface area contributed by atoms with Gasteiger partial charge in [-0.25, -0.2) is 9.59 Å². The van der Waals surface area contributed by atoms with Gasteiger partial charge in [-0.05, 0) is 6.42 Å². The lowest BCUT2D eigenvalue weighted by Crippen LogP contribution is -2.28. The van der Waals surface area contributed by atoms with Crippen molar-refractivity contribution in [3.05, 3.63) is 0 Å². The van der Waals surface area contributed by atoms with Gasteiger partial charge in [-0.3, -0.25) is 13.9 Å². The fraction of sp³-hybridized carbons (Fsp3) is 0.750. The summed E-state index contributed by atoms with van der Waals surface area (Å²) in [7, 11) is -4.28. The minimum Gasteiger partial charge on any atom is -0.480 e. The van der Waals surface area contributed by atoms with Crippen molar-refractivity contribution in [2.75, 3.05) is 19.7 Å². The van der Waals surface area contributed by atoms with Crippen LogP contribution in [0.25, 0.3) is 0 Å². The van der Waals surface area contributed by atoms with Crippen LogP contribution < -0.4 is 5.32 Å². The number of hydrogen-bond donors (Lipinski definition) is 3. The smallest absolute Gasteiger partial charge is 0.410 e. The molecule has 0 spiro atoms. The van der Waals surface area contributed by atoms with Crippen LogP contribution in [-0.4, -0.2) is 47.7 Å². The molecule has 3 N–H and O–H groups in total. The second kappa shape index (κ2) is 11.0. The third-order valence-electron chi connectivity index (χ3n) is 2.60. The van der Waals surface area contributed by atoms with Gasteiger partial charge in [0.1, 0.15) is 6.29 Å². The molecule has 0 aromatic rings. The Morgan fingerprint density at radius 3 is 2.48 bits per heavy atom. The summed E-state index contributed by atoms with van der Waals surface area (Å²) in [5, 5.41) is 10.2. The van der Waals surface area contributed by atoms with Crippen molar-refractivity contribution < 1.29 is 42.9 Å². The van der Waals surface area contributed by atoms with E-state index in [0.29, 0.717) is 6.42 Å². The summed E-state index contributed by atoms with van der Waals surface area (Å²) in [6.45, 7) is 2.08. The van der Waals surface area contributed by atoms with E-state index in [4.69, 9.17) is 9.84 Å². The summed E-state index contributed by atoms with van der Waals surface area (Å²) in [6, 6.07) is 0. The molecule has 0 aromatic carbocycles. The van der Waals surface area contributed by atoms with Gasteiger partial charge in [-0.2, -0.15) is 0 Å². The van der Waals surface area contributed by atoms with Crippen LogP contribution in [-0.2, 0) is 28.2 Å². The number of alkyl carbamates (subject to hydrolysis) is 1. The number of carbonyl (C=O) groups is 3. The van der Waals surface area contributed by atoms with E-state index in [-0.39, 0.29) is 5.92 Å². The molecule has 10 nitrogen and oxygen atoms in total. The highest BCUT2D eigenvalue weighted by molar-refractivity contribution is 7.52. The number of nitrogens with one attached hydrogen (secondary N) is 1. The van der Waals surface area contributed by atoms with Gasteiger partial charge in [0.05, 0.1) is 5.92 Å². The standard InChI is InChI=1S/C12H22NO9P/c1-3-4-5-9(2)11(16)20-8-21-12(17)13-7-23(18,19)22-6-10(14)15/h9H,3-8H2,1-2H3,(H,13,17)(H,14,15)(H,18,19). The Morgan fingerprint density at radius 1 is 1.26 bits per heavy atom. The molecule has 0 saturated heterocycles. The van der Waals surface area contributed by atoms with Crippen molar-refractivity contribution in [2.24, 2.45) is 5.92 Å². The highest BCUT2D eigenvalue weighted by Gasteiger charge is 2.22. The van der Waals surface area contributed by atoms with Crippen LogP contribution in [0, 0.1) is 5.92 Å². The average Bonchev–Trinajstić information content (AvgIpc) is 2.48. The molecular formula is C12H22NO9P. The number of aliphatic carboxylic acids is 1. The number of carboxylic acid groups (broad SMARTS) is 1. The van der Waals surface area contributed by atoms with Crippen LogP contribution in [0.1, 0.15) is 33.1 Å². The summed E-state index contributed by atoms with van der Waals surface area (Å²) in [4.78, 5) is 42.1. The molecule has 0 fully saturated rings. The quantitative estimate of drug-likeness (QED) is 0.283. The lowest BCUT2D eigenvalue weighted by molar-refractivity contribution is -0.156. The fourth-order valence-electron chi connectivity index (χ4n) is 1.33. The Bertz CT molecular complexity index is 454. The molecule has 0 aromatic heterocycles. The van der Waals surface area contributed by atoms with Gasteiger partial charge in [-0.1, -0.05) is 26.7 Å². The van der Waals surface area contributed by atoms with Crippen LogP contribution in [0.5, 0.6) is 0 Å². The number of hydrogen-bond acceptors (Lipinski definition) is 7. The van der Waals surface area contributed by atoms with Crippen LogP contribution >= 0.6 is 7.60 Å². The molecule has 0 radical (unpaired) electrons. The van der Waals surface area contributed by atoms with Crippen molar-refractivity contribution in [2.45, 2.75) is 33.1 Å². The van der Waals surface area contributed by atoms with Crippen molar-refractivity contribution in [1.82, 2.24) is 5.32 Å². The molecule has 134 valence electrons. The van der Waals surface area contributed by atoms with Gasteiger partial charge >= 0.3 is 25.6 Å². The lowest BCUT2D eigenvalue weighted by atomic mass is 10.1. The van der Waals surface area contributed by atoms with E-state index in [1.54, 1.807) is 6.92 Å². The molecule has 23 heavy (non-hydrogen) atoms. The Morgan fingerprint density at radius 2 is 1.91 bits per heavy atom. The lowest BCUT2D eigenvalue weighted by Gasteiger charge is -2.13. The molecule has 0 aliphatic rings. The molecule has 2 atom stereocenters. The molecule has 1 amide bonds. The highest BCUT2D eigenvalue weighted by Crippen LogP contribution is 2.39. The summed E-state index contributed by atoms with van der Waals surface area (Å²) >= 11 is 0. The predicted octanol–water partition coefficient (Wildman–Crippen LogP) is 1.28. The Balaban J connectivity index is 3.92. The number of esters is 1. The maximum atomic E-state index is 11.5. The van der Waals surface area contributed by atoms with E-state index >= 15 is 0 Å². The highest BCUT2D eigenvalue weighted by atomic mass is 31.2. The topological polar surface area (TPSA) is 148 Å². The zero-order valence-electron chi connectivity index (χ0n) is 13.0. The summed E-state index contributed by atoms with van der Waals surface area (Å²) in [5.74, 6) is -2.25. The SMILES string of the molecule is CCCCC(C)C(=O)OCOC(=O)NCP(=O)(O)OCC(=O)O. The number of carbonyl (C=O) groups excluding carboxylic acids is 2. The number of unbranched alkanes of at least 4 members (excludes halogenated alkanes) is 1. The Hall–Kier alpha value is -1.64. The first-order valence-corrected chi connectivity index (χ1v) is 8.69. The number of rotatable bonds is 11. The zero-order valence-corrected chi connectivity index (χ0v) is 13.9. The largest absolute Gasteiger partial charge is 0.480 e.